The number of nitrogens with one attached hydrogen (secondary N) is 1. The molecule has 0 saturated carbocycles. The summed E-state index contributed by atoms with van der Waals surface area (Å²) in [6.07, 6.45) is 5.54. The maximum absolute atomic E-state index is 12.6. The fourth-order valence-electron chi connectivity index (χ4n) is 3.18. The smallest absolute Gasteiger partial charge is 0.266 e. The Morgan fingerprint density at radius 2 is 2.07 bits per heavy atom. The molecule has 0 saturated heterocycles. The molecule has 0 bridgehead atoms. The largest absolute Gasteiger partial charge is 0.497 e. The monoisotopic (exact) mass is 377 g/mol. The number of carbonyl (C=O) groups excluding carboxylic acids is 1. The highest BCUT2D eigenvalue weighted by molar-refractivity contribution is 7.16. The maximum atomic E-state index is 12.6. The number of aryl methyl sites for hydroxylation is 2. The van der Waals surface area contributed by atoms with Crippen molar-refractivity contribution in [3.05, 3.63) is 50.9 Å². The number of hydrogen-bond acceptors (Lipinski definition) is 5. The van der Waals surface area contributed by atoms with E-state index in [1.54, 1.807) is 19.3 Å². The van der Waals surface area contributed by atoms with Crippen LogP contribution in [0.3, 0.4) is 0 Å². The molecule has 6 heteroatoms. The lowest BCUT2D eigenvalue weighted by Crippen LogP contribution is -2.13. The summed E-state index contributed by atoms with van der Waals surface area (Å²) in [7, 11) is 1.59. The molecule has 136 valence electrons. The molecule has 3 rings (SSSR count). The number of hydrogen-bond donors (Lipinski definition) is 1. The number of benzene rings is 1. The van der Waals surface area contributed by atoms with Gasteiger partial charge in [0, 0.05) is 4.88 Å². The Kier molecular flexibility index (Phi) is 5.59. The predicted molar refractivity (Wildman–Crippen MR) is 106 cm³/mol. The number of amides is 1. The van der Waals surface area contributed by atoms with Crippen molar-refractivity contribution in [3.8, 4) is 17.9 Å². The van der Waals surface area contributed by atoms with Gasteiger partial charge in [-0.15, -0.1) is 11.3 Å². The second-order valence-corrected chi connectivity index (χ2v) is 7.48. The molecule has 0 aliphatic heterocycles. The zero-order valence-corrected chi connectivity index (χ0v) is 16.1. The van der Waals surface area contributed by atoms with Gasteiger partial charge in [-0.2, -0.15) is 10.5 Å². The number of nitriles is 2. The number of nitrogens with zero attached hydrogens (tertiary/aromatic N) is 2. The molecule has 2 aromatic rings. The van der Waals surface area contributed by atoms with Gasteiger partial charge in [0.15, 0.2) is 0 Å². The highest BCUT2D eigenvalue weighted by Crippen LogP contribution is 2.37. The third-order valence-electron chi connectivity index (χ3n) is 4.65. The van der Waals surface area contributed by atoms with Gasteiger partial charge in [0.1, 0.15) is 28.5 Å². The molecule has 1 aliphatic carbocycles. The van der Waals surface area contributed by atoms with Crippen molar-refractivity contribution in [2.24, 2.45) is 0 Å². The standard InChI is InChI=1S/C21H19N3O2S/c1-13-9-16(26-2)8-7-14(13)10-15(11-22)20(25)24-21-18(12-23)17-5-3-4-6-19(17)27-21/h7-10H,3-6H2,1-2H3,(H,24,25)/b15-10+. The van der Waals surface area contributed by atoms with Gasteiger partial charge in [0.25, 0.3) is 5.91 Å². The number of methoxy groups -OCH3 is 1. The normalized spacial score (nSPS) is 13.3. The molecule has 1 aliphatic rings. The molecule has 0 spiro atoms. The molecule has 1 aromatic carbocycles. The molecule has 0 unspecified atom stereocenters. The van der Waals surface area contributed by atoms with Crippen molar-refractivity contribution in [2.75, 3.05) is 12.4 Å². The lowest BCUT2D eigenvalue weighted by atomic mass is 9.96. The topological polar surface area (TPSA) is 85.9 Å². The van der Waals surface area contributed by atoms with E-state index in [1.807, 2.05) is 25.1 Å². The minimum Gasteiger partial charge on any atom is -0.497 e. The van der Waals surface area contributed by atoms with E-state index in [-0.39, 0.29) is 5.57 Å². The molecular weight excluding hydrogens is 358 g/mol. The van der Waals surface area contributed by atoms with Crippen LogP contribution < -0.4 is 10.1 Å². The third kappa shape index (κ3) is 3.86. The molecule has 1 N–H and O–H groups in total. The molecule has 1 amide bonds. The minimum atomic E-state index is -0.497. The van der Waals surface area contributed by atoms with Gasteiger partial charge in [-0.3, -0.25) is 4.79 Å². The van der Waals surface area contributed by atoms with Gasteiger partial charge in [0.05, 0.1) is 12.7 Å². The quantitative estimate of drug-likeness (QED) is 0.633. The van der Waals surface area contributed by atoms with Gasteiger partial charge in [0.2, 0.25) is 0 Å². The van der Waals surface area contributed by atoms with Crippen molar-refractivity contribution < 1.29 is 9.53 Å². The summed E-state index contributed by atoms with van der Waals surface area (Å²) in [4.78, 5) is 13.8. The van der Waals surface area contributed by atoms with Crippen molar-refractivity contribution in [1.29, 1.82) is 10.5 Å². The Balaban J connectivity index is 1.88. The van der Waals surface area contributed by atoms with Crippen LogP contribution in [0.25, 0.3) is 6.08 Å². The second kappa shape index (κ2) is 8.07. The Morgan fingerprint density at radius 1 is 1.30 bits per heavy atom. The van der Waals surface area contributed by atoms with Crippen LogP contribution >= 0.6 is 11.3 Å². The van der Waals surface area contributed by atoms with Crippen LogP contribution in [0.4, 0.5) is 5.00 Å². The van der Waals surface area contributed by atoms with Crippen LogP contribution in [0.1, 0.15) is 40.0 Å². The van der Waals surface area contributed by atoms with E-state index in [0.717, 1.165) is 48.1 Å². The van der Waals surface area contributed by atoms with Crippen molar-refractivity contribution in [1.82, 2.24) is 0 Å². The number of anilines is 1. The fourth-order valence-corrected chi connectivity index (χ4v) is 4.42. The number of ether oxygens (including phenoxy) is 1. The molecular formula is C21H19N3O2S. The van der Waals surface area contributed by atoms with Crippen LogP contribution in [0, 0.1) is 29.6 Å². The first-order valence-corrected chi connectivity index (χ1v) is 9.51. The van der Waals surface area contributed by atoms with Crippen LogP contribution in [0.15, 0.2) is 23.8 Å². The highest BCUT2D eigenvalue weighted by atomic mass is 32.1. The Bertz CT molecular complexity index is 1010. The van der Waals surface area contributed by atoms with Crippen LogP contribution in [0.5, 0.6) is 5.75 Å². The average molecular weight is 377 g/mol. The van der Waals surface area contributed by atoms with E-state index in [9.17, 15) is 15.3 Å². The summed E-state index contributed by atoms with van der Waals surface area (Å²) in [5.41, 5.74) is 3.27. The summed E-state index contributed by atoms with van der Waals surface area (Å²) in [6.45, 7) is 1.89. The first-order valence-electron chi connectivity index (χ1n) is 8.69. The third-order valence-corrected chi connectivity index (χ3v) is 5.86. The first kappa shape index (κ1) is 18.7. The van der Waals surface area contributed by atoms with E-state index in [2.05, 4.69) is 11.4 Å². The van der Waals surface area contributed by atoms with Crippen molar-refractivity contribution >= 4 is 28.3 Å². The Hall–Kier alpha value is -3.09. The summed E-state index contributed by atoms with van der Waals surface area (Å²) in [5, 5.41) is 22.3. The second-order valence-electron chi connectivity index (χ2n) is 6.37. The zero-order chi connectivity index (χ0) is 19.4. The fraction of sp³-hybridized carbons (Fsp3) is 0.286. The summed E-state index contributed by atoms with van der Waals surface area (Å²) < 4.78 is 5.18. The van der Waals surface area contributed by atoms with E-state index in [1.165, 1.54) is 16.2 Å². The number of rotatable bonds is 4. The molecule has 0 radical (unpaired) electrons. The first-order chi connectivity index (χ1) is 13.1. The molecule has 0 fully saturated rings. The van der Waals surface area contributed by atoms with Gasteiger partial charge in [-0.1, -0.05) is 6.07 Å². The summed E-state index contributed by atoms with van der Waals surface area (Å²) in [5.74, 6) is 0.221. The maximum Gasteiger partial charge on any atom is 0.266 e. The minimum absolute atomic E-state index is 0.00136. The van der Waals surface area contributed by atoms with Gasteiger partial charge in [-0.25, -0.2) is 0 Å². The Labute approximate surface area is 162 Å². The van der Waals surface area contributed by atoms with E-state index < -0.39 is 5.91 Å². The van der Waals surface area contributed by atoms with Gasteiger partial charge < -0.3 is 10.1 Å². The van der Waals surface area contributed by atoms with Crippen molar-refractivity contribution in [2.45, 2.75) is 32.6 Å². The predicted octanol–water partition coefficient (Wildman–Crippen LogP) is 4.36. The summed E-state index contributed by atoms with van der Waals surface area (Å²) >= 11 is 1.45. The highest BCUT2D eigenvalue weighted by Gasteiger charge is 2.22. The van der Waals surface area contributed by atoms with Crippen LogP contribution in [-0.4, -0.2) is 13.0 Å². The molecule has 0 atom stereocenters. The SMILES string of the molecule is COc1ccc(/C=C(\C#N)C(=O)Nc2sc3c(c2C#N)CCCC3)c(C)c1. The van der Waals surface area contributed by atoms with Gasteiger partial charge in [-0.05, 0) is 67.5 Å². The van der Waals surface area contributed by atoms with Gasteiger partial charge >= 0.3 is 0 Å². The molecule has 1 heterocycles. The molecule has 27 heavy (non-hydrogen) atoms. The number of thiophene rings is 1. The van der Waals surface area contributed by atoms with E-state index in [4.69, 9.17) is 4.74 Å². The van der Waals surface area contributed by atoms with Crippen LogP contribution in [0.2, 0.25) is 0 Å². The summed E-state index contributed by atoms with van der Waals surface area (Å²) in [6, 6.07) is 9.62. The zero-order valence-electron chi connectivity index (χ0n) is 15.3. The van der Waals surface area contributed by atoms with Crippen LogP contribution in [-0.2, 0) is 17.6 Å². The molecule has 1 aromatic heterocycles. The van der Waals surface area contributed by atoms with E-state index >= 15 is 0 Å². The van der Waals surface area contributed by atoms with Crippen molar-refractivity contribution in [3.63, 3.8) is 0 Å². The van der Waals surface area contributed by atoms with E-state index in [0.29, 0.717) is 10.6 Å². The lowest BCUT2D eigenvalue weighted by Gasteiger charge is -2.09. The lowest BCUT2D eigenvalue weighted by molar-refractivity contribution is -0.112. The number of fused-ring (bicyclic) bond motifs is 1. The molecule has 5 nitrogen and oxygen atoms in total. The average Bonchev–Trinajstić information content (AvgIpc) is 3.03. The Morgan fingerprint density at radius 3 is 2.74 bits per heavy atom. The number of carbonyl (C=O) groups is 1.